The zero-order chi connectivity index (χ0) is 19.8. The highest BCUT2D eigenvalue weighted by Crippen LogP contribution is 2.18. The molecule has 3 rings (SSSR count). The number of ether oxygens (including phenoxy) is 2. The molecule has 1 atom stereocenters. The highest BCUT2D eigenvalue weighted by molar-refractivity contribution is 5.91. The molecule has 146 valence electrons. The van der Waals surface area contributed by atoms with Crippen LogP contribution in [0.5, 0.6) is 11.5 Å². The lowest BCUT2D eigenvalue weighted by molar-refractivity contribution is 0.0814. The molecule has 0 spiro atoms. The van der Waals surface area contributed by atoms with Gasteiger partial charge in [0.15, 0.2) is 0 Å². The number of carbonyl (C=O) groups is 1. The monoisotopic (exact) mass is 382 g/mol. The van der Waals surface area contributed by atoms with Gasteiger partial charge < -0.3 is 24.4 Å². The molecule has 1 unspecified atom stereocenters. The number of benzene rings is 2. The molecule has 3 aromatic rings. The first-order valence-electron chi connectivity index (χ1n) is 8.86. The van der Waals surface area contributed by atoms with Crippen molar-refractivity contribution >= 4 is 5.91 Å². The number of aromatic nitrogens is 1. The minimum Gasteiger partial charge on any atom is -0.497 e. The van der Waals surface area contributed by atoms with Crippen LogP contribution in [0.15, 0.2) is 65.2 Å². The Morgan fingerprint density at radius 3 is 2.71 bits per heavy atom. The molecule has 2 N–H and O–H groups in total. The normalized spacial score (nSPS) is 11.6. The van der Waals surface area contributed by atoms with E-state index < -0.39 is 12.0 Å². The fraction of sp³-hybridized carbons (Fsp3) is 0.238. The van der Waals surface area contributed by atoms with Gasteiger partial charge in [0.1, 0.15) is 24.2 Å². The van der Waals surface area contributed by atoms with Crippen LogP contribution in [0.3, 0.4) is 0 Å². The first kappa shape index (κ1) is 19.4. The van der Waals surface area contributed by atoms with Crippen molar-refractivity contribution in [2.75, 3.05) is 20.3 Å². The summed E-state index contributed by atoms with van der Waals surface area (Å²) < 4.78 is 15.7. The van der Waals surface area contributed by atoms with E-state index in [4.69, 9.17) is 14.0 Å². The topological polar surface area (TPSA) is 93.8 Å². The molecular weight excluding hydrogens is 360 g/mol. The van der Waals surface area contributed by atoms with E-state index in [-0.39, 0.29) is 18.9 Å². The summed E-state index contributed by atoms with van der Waals surface area (Å²) in [5.74, 6) is 0.904. The first-order chi connectivity index (χ1) is 13.6. The van der Waals surface area contributed by atoms with Gasteiger partial charge >= 0.3 is 0 Å². The molecule has 0 aliphatic rings. The second-order valence-corrected chi connectivity index (χ2v) is 6.20. The Hall–Kier alpha value is -3.32. The van der Waals surface area contributed by atoms with Gasteiger partial charge in [-0.05, 0) is 17.7 Å². The average molecular weight is 382 g/mol. The van der Waals surface area contributed by atoms with Crippen molar-refractivity contribution in [3.05, 3.63) is 77.7 Å². The fourth-order valence-electron chi connectivity index (χ4n) is 2.55. The number of rotatable bonds is 9. The molecule has 0 fully saturated rings. The van der Waals surface area contributed by atoms with Crippen molar-refractivity contribution in [1.82, 2.24) is 10.5 Å². The van der Waals surface area contributed by atoms with Crippen LogP contribution >= 0.6 is 0 Å². The van der Waals surface area contributed by atoms with E-state index in [1.165, 1.54) is 0 Å². The molecule has 0 aliphatic carbocycles. The molecule has 1 heterocycles. The third kappa shape index (κ3) is 5.59. The Bertz CT molecular complexity index is 895. The van der Waals surface area contributed by atoms with E-state index in [9.17, 15) is 9.90 Å². The van der Waals surface area contributed by atoms with Crippen molar-refractivity contribution in [3.63, 3.8) is 0 Å². The second-order valence-electron chi connectivity index (χ2n) is 6.20. The van der Waals surface area contributed by atoms with Crippen LogP contribution in [0.2, 0.25) is 0 Å². The zero-order valence-corrected chi connectivity index (χ0v) is 15.5. The molecule has 28 heavy (non-hydrogen) atoms. The SMILES string of the molecule is COc1cccc(OCC(O)CNC(=O)c2cc(Cc3ccccc3)no2)c1. The molecule has 0 radical (unpaired) electrons. The highest BCUT2D eigenvalue weighted by atomic mass is 16.5. The number of hydrogen-bond donors (Lipinski definition) is 2. The Balaban J connectivity index is 1.44. The summed E-state index contributed by atoms with van der Waals surface area (Å²) in [5, 5.41) is 16.5. The van der Waals surface area contributed by atoms with Gasteiger partial charge in [-0.15, -0.1) is 0 Å². The smallest absolute Gasteiger partial charge is 0.289 e. The number of carbonyl (C=O) groups excluding carboxylic acids is 1. The lowest BCUT2D eigenvalue weighted by Crippen LogP contribution is -2.35. The summed E-state index contributed by atoms with van der Waals surface area (Å²) in [4.78, 5) is 12.2. The van der Waals surface area contributed by atoms with Gasteiger partial charge in [-0.25, -0.2) is 0 Å². The quantitative estimate of drug-likeness (QED) is 0.590. The first-order valence-corrected chi connectivity index (χ1v) is 8.86. The van der Waals surface area contributed by atoms with Crippen molar-refractivity contribution in [2.24, 2.45) is 0 Å². The van der Waals surface area contributed by atoms with Crippen LogP contribution in [0.1, 0.15) is 21.8 Å². The number of amides is 1. The van der Waals surface area contributed by atoms with Crippen LogP contribution in [-0.2, 0) is 6.42 Å². The summed E-state index contributed by atoms with van der Waals surface area (Å²) in [5.41, 5.74) is 1.74. The number of nitrogens with zero attached hydrogens (tertiary/aromatic N) is 1. The van der Waals surface area contributed by atoms with Gasteiger partial charge in [0.25, 0.3) is 5.91 Å². The number of hydrogen-bond acceptors (Lipinski definition) is 6. The summed E-state index contributed by atoms with van der Waals surface area (Å²) in [6.45, 7) is 0.0562. The van der Waals surface area contributed by atoms with Crippen LogP contribution in [0.25, 0.3) is 0 Å². The molecule has 0 bridgehead atoms. The Morgan fingerprint density at radius 2 is 1.93 bits per heavy atom. The van der Waals surface area contributed by atoms with E-state index in [2.05, 4.69) is 10.5 Å². The number of aliphatic hydroxyl groups is 1. The molecule has 0 saturated heterocycles. The van der Waals surface area contributed by atoms with Gasteiger partial charge in [-0.3, -0.25) is 4.79 Å². The number of methoxy groups -OCH3 is 1. The lowest BCUT2D eigenvalue weighted by Gasteiger charge is -2.13. The molecule has 0 saturated carbocycles. The fourth-order valence-corrected chi connectivity index (χ4v) is 2.55. The van der Waals surface area contributed by atoms with E-state index in [1.807, 2.05) is 30.3 Å². The highest BCUT2D eigenvalue weighted by Gasteiger charge is 2.15. The van der Waals surface area contributed by atoms with Crippen LogP contribution < -0.4 is 14.8 Å². The summed E-state index contributed by atoms with van der Waals surface area (Å²) >= 11 is 0. The van der Waals surface area contributed by atoms with Gasteiger partial charge in [-0.2, -0.15) is 0 Å². The molecule has 2 aromatic carbocycles. The minimum atomic E-state index is -0.873. The minimum absolute atomic E-state index is 0.0253. The van der Waals surface area contributed by atoms with Crippen molar-refractivity contribution in [1.29, 1.82) is 0 Å². The van der Waals surface area contributed by atoms with Gasteiger partial charge in [0.2, 0.25) is 5.76 Å². The van der Waals surface area contributed by atoms with Gasteiger partial charge in [0, 0.05) is 25.1 Å². The maximum absolute atomic E-state index is 12.2. The Morgan fingerprint density at radius 1 is 1.14 bits per heavy atom. The molecule has 1 amide bonds. The number of aliphatic hydroxyl groups excluding tert-OH is 1. The lowest BCUT2D eigenvalue weighted by atomic mass is 10.1. The summed E-state index contributed by atoms with van der Waals surface area (Å²) in [6.07, 6.45) is -0.295. The maximum atomic E-state index is 12.2. The second kappa shape index (κ2) is 9.57. The zero-order valence-electron chi connectivity index (χ0n) is 15.5. The van der Waals surface area contributed by atoms with Gasteiger partial charge in [0.05, 0.1) is 12.8 Å². The molecule has 0 aliphatic heterocycles. The summed E-state index contributed by atoms with van der Waals surface area (Å²) in [6, 6.07) is 18.4. The van der Waals surface area contributed by atoms with Crippen molar-refractivity contribution in [3.8, 4) is 11.5 Å². The largest absolute Gasteiger partial charge is 0.497 e. The van der Waals surface area contributed by atoms with E-state index in [0.717, 1.165) is 5.56 Å². The van der Waals surface area contributed by atoms with E-state index in [0.29, 0.717) is 23.6 Å². The summed E-state index contributed by atoms with van der Waals surface area (Å²) in [7, 11) is 1.57. The van der Waals surface area contributed by atoms with E-state index in [1.54, 1.807) is 37.4 Å². The third-order valence-corrected chi connectivity index (χ3v) is 3.99. The van der Waals surface area contributed by atoms with Crippen molar-refractivity contribution < 1.29 is 23.9 Å². The molecular formula is C21H22N2O5. The predicted octanol–water partition coefficient (Wildman–Crippen LogP) is 2.44. The molecule has 7 heteroatoms. The van der Waals surface area contributed by atoms with Crippen LogP contribution in [0, 0.1) is 0 Å². The molecule has 7 nitrogen and oxygen atoms in total. The standard InChI is InChI=1S/C21H22N2O5/c1-26-18-8-5-9-19(12-18)27-14-17(24)13-22-21(25)20-11-16(23-28-20)10-15-6-3-2-4-7-15/h2-9,11-12,17,24H,10,13-14H2,1H3,(H,22,25). The van der Waals surface area contributed by atoms with Crippen LogP contribution in [-0.4, -0.2) is 42.5 Å². The predicted molar refractivity (Wildman–Crippen MR) is 103 cm³/mol. The maximum Gasteiger partial charge on any atom is 0.289 e. The van der Waals surface area contributed by atoms with Crippen LogP contribution in [0.4, 0.5) is 0 Å². The van der Waals surface area contributed by atoms with Crippen molar-refractivity contribution in [2.45, 2.75) is 12.5 Å². The molecule has 1 aromatic heterocycles. The average Bonchev–Trinajstić information content (AvgIpc) is 3.20. The van der Waals surface area contributed by atoms with Gasteiger partial charge in [-0.1, -0.05) is 41.6 Å². The third-order valence-electron chi connectivity index (χ3n) is 3.99. The Labute approximate surface area is 162 Å². The Kier molecular flexibility index (Phi) is 6.64. The number of nitrogens with one attached hydrogen (secondary N) is 1. The van der Waals surface area contributed by atoms with E-state index >= 15 is 0 Å².